The molecule has 0 fully saturated rings. The minimum atomic E-state index is 0.588. The van der Waals surface area contributed by atoms with E-state index in [4.69, 9.17) is 10.5 Å². The number of nitrogens with two attached hydrogens (primary N) is 1. The predicted molar refractivity (Wildman–Crippen MR) is 58.6 cm³/mol. The van der Waals surface area contributed by atoms with Gasteiger partial charge in [0.25, 0.3) is 0 Å². The number of nitrogen functional groups attached to an aromatic ring is 1. The molecule has 2 N–H and O–H groups in total. The Morgan fingerprint density at radius 2 is 2.20 bits per heavy atom. The van der Waals surface area contributed by atoms with E-state index in [2.05, 4.69) is 4.98 Å². The monoisotopic (exact) mass is 203 g/mol. The topological polar surface area (TPSA) is 53.1 Å². The number of rotatable bonds is 4. The Kier molecular flexibility index (Phi) is 2.88. The Bertz CT molecular complexity index is 412. The number of para-hydroxylation sites is 2. The number of aromatic nitrogens is 2. The van der Waals surface area contributed by atoms with E-state index in [9.17, 15) is 0 Å². The molecule has 4 nitrogen and oxygen atoms in total. The first-order valence-corrected chi connectivity index (χ1v) is 4.79. The Morgan fingerprint density at radius 3 is 2.93 bits per heavy atom. The van der Waals surface area contributed by atoms with E-state index >= 15 is 0 Å². The van der Waals surface area contributed by atoms with Crippen molar-refractivity contribution in [2.75, 3.05) is 12.3 Å². The van der Waals surface area contributed by atoms with Gasteiger partial charge in [-0.1, -0.05) is 12.1 Å². The van der Waals surface area contributed by atoms with E-state index in [-0.39, 0.29) is 0 Å². The van der Waals surface area contributed by atoms with Crippen molar-refractivity contribution in [2.24, 2.45) is 0 Å². The lowest BCUT2D eigenvalue weighted by atomic mass is 10.3. The van der Waals surface area contributed by atoms with E-state index in [1.807, 2.05) is 35.0 Å². The second-order valence-corrected chi connectivity index (χ2v) is 3.19. The van der Waals surface area contributed by atoms with Crippen LogP contribution in [-0.4, -0.2) is 16.2 Å². The predicted octanol–water partition coefficient (Wildman–Crippen LogP) is 1.54. The Hall–Kier alpha value is -1.97. The van der Waals surface area contributed by atoms with Gasteiger partial charge < -0.3 is 15.0 Å². The van der Waals surface area contributed by atoms with Gasteiger partial charge in [-0.3, -0.25) is 0 Å². The normalized spacial score (nSPS) is 10.1. The maximum atomic E-state index is 5.74. The van der Waals surface area contributed by atoms with Crippen LogP contribution in [0.5, 0.6) is 5.75 Å². The summed E-state index contributed by atoms with van der Waals surface area (Å²) in [7, 11) is 0. The average Bonchev–Trinajstić information content (AvgIpc) is 2.74. The molecule has 0 aliphatic carbocycles. The molecule has 0 spiro atoms. The highest BCUT2D eigenvalue weighted by atomic mass is 16.5. The molecule has 0 saturated carbocycles. The van der Waals surface area contributed by atoms with Crippen LogP contribution in [-0.2, 0) is 6.54 Å². The van der Waals surface area contributed by atoms with Crippen molar-refractivity contribution in [3.05, 3.63) is 43.0 Å². The SMILES string of the molecule is Nc1ccccc1OCCn1ccnc1. The Balaban J connectivity index is 1.86. The zero-order chi connectivity index (χ0) is 10.5. The molecule has 78 valence electrons. The number of hydrogen-bond acceptors (Lipinski definition) is 3. The lowest BCUT2D eigenvalue weighted by Crippen LogP contribution is -2.07. The van der Waals surface area contributed by atoms with E-state index in [1.54, 1.807) is 12.5 Å². The third kappa shape index (κ3) is 2.49. The van der Waals surface area contributed by atoms with Crippen LogP contribution < -0.4 is 10.5 Å². The third-order valence-electron chi connectivity index (χ3n) is 2.09. The highest BCUT2D eigenvalue weighted by Gasteiger charge is 1.97. The van der Waals surface area contributed by atoms with E-state index in [1.165, 1.54) is 0 Å². The number of ether oxygens (including phenoxy) is 1. The van der Waals surface area contributed by atoms with Gasteiger partial charge in [-0.15, -0.1) is 0 Å². The van der Waals surface area contributed by atoms with Crippen molar-refractivity contribution >= 4 is 5.69 Å². The minimum Gasteiger partial charge on any atom is -0.490 e. The zero-order valence-corrected chi connectivity index (χ0v) is 8.34. The molecule has 0 bridgehead atoms. The summed E-state index contributed by atoms with van der Waals surface area (Å²) in [5, 5.41) is 0. The molecule has 0 radical (unpaired) electrons. The first-order chi connectivity index (χ1) is 7.36. The molecule has 2 aromatic rings. The standard InChI is InChI=1S/C11H13N3O/c12-10-3-1-2-4-11(10)15-8-7-14-6-5-13-9-14/h1-6,9H,7-8,12H2. The molecular weight excluding hydrogens is 190 g/mol. The second-order valence-electron chi connectivity index (χ2n) is 3.19. The molecule has 0 unspecified atom stereocenters. The van der Waals surface area contributed by atoms with E-state index < -0.39 is 0 Å². The first kappa shape index (κ1) is 9.58. The van der Waals surface area contributed by atoms with Gasteiger partial charge in [0.2, 0.25) is 0 Å². The first-order valence-electron chi connectivity index (χ1n) is 4.79. The molecule has 4 heteroatoms. The van der Waals surface area contributed by atoms with Crippen molar-refractivity contribution in [3.63, 3.8) is 0 Å². The van der Waals surface area contributed by atoms with Crippen molar-refractivity contribution < 1.29 is 4.74 Å². The minimum absolute atomic E-state index is 0.588. The maximum absolute atomic E-state index is 5.74. The van der Waals surface area contributed by atoms with E-state index in [0.29, 0.717) is 12.3 Å². The number of anilines is 1. The summed E-state index contributed by atoms with van der Waals surface area (Å²) in [5.41, 5.74) is 6.41. The largest absolute Gasteiger partial charge is 0.490 e. The third-order valence-corrected chi connectivity index (χ3v) is 2.09. The average molecular weight is 203 g/mol. The van der Waals surface area contributed by atoms with Crippen molar-refractivity contribution in [1.29, 1.82) is 0 Å². The quantitative estimate of drug-likeness (QED) is 0.767. The molecule has 0 saturated heterocycles. The van der Waals surface area contributed by atoms with Gasteiger partial charge in [0.1, 0.15) is 12.4 Å². The summed E-state index contributed by atoms with van der Waals surface area (Å²) in [5.74, 6) is 0.734. The van der Waals surface area contributed by atoms with Crippen LogP contribution in [0.2, 0.25) is 0 Å². The summed E-state index contributed by atoms with van der Waals surface area (Å²) in [4.78, 5) is 3.95. The molecule has 1 aromatic heterocycles. The molecule has 1 aromatic carbocycles. The molecule has 0 atom stereocenters. The number of benzene rings is 1. The summed E-state index contributed by atoms with van der Waals surface area (Å²) in [6, 6.07) is 7.48. The summed E-state index contributed by atoms with van der Waals surface area (Å²) >= 11 is 0. The molecule has 0 aliphatic heterocycles. The van der Waals surface area contributed by atoms with Crippen LogP contribution in [0.3, 0.4) is 0 Å². The van der Waals surface area contributed by atoms with Gasteiger partial charge in [0.05, 0.1) is 18.6 Å². The van der Waals surface area contributed by atoms with Crippen LogP contribution in [0.1, 0.15) is 0 Å². The van der Waals surface area contributed by atoms with Crippen LogP contribution >= 0.6 is 0 Å². The lowest BCUT2D eigenvalue weighted by Gasteiger charge is -2.08. The Labute approximate surface area is 88.3 Å². The fourth-order valence-electron chi connectivity index (χ4n) is 1.29. The molecular formula is C11H13N3O. The number of hydrogen-bond donors (Lipinski definition) is 1. The lowest BCUT2D eigenvalue weighted by molar-refractivity contribution is 0.300. The maximum Gasteiger partial charge on any atom is 0.142 e. The summed E-state index contributed by atoms with van der Waals surface area (Å²) < 4.78 is 7.49. The van der Waals surface area contributed by atoms with Crippen molar-refractivity contribution in [2.45, 2.75) is 6.54 Å². The summed E-state index contributed by atoms with van der Waals surface area (Å²) in [6.45, 7) is 1.36. The van der Waals surface area contributed by atoms with Gasteiger partial charge in [-0.25, -0.2) is 4.98 Å². The van der Waals surface area contributed by atoms with Gasteiger partial charge in [-0.2, -0.15) is 0 Å². The van der Waals surface area contributed by atoms with Crippen LogP contribution in [0, 0.1) is 0 Å². The fourth-order valence-corrected chi connectivity index (χ4v) is 1.29. The number of imidazole rings is 1. The second kappa shape index (κ2) is 4.50. The van der Waals surface area contributed by atoms with Crippen LogP contribution in [0.4, 0.5) is 5.69 Å². The highest BCUT2D eigenvalue weighted by molar-refractivity contribution is 5.51. The van der Waals surface area contributed by atoms with Crippen molar-refractivity contribution in [1.82, 2.24) is 9.55 Å². The van der Waals surface area contributed by atoms with Crippen molar-refractivity contribution in [3.8, 4) is 5.75 Å². The number of nitrogens with zero attached hydrogens (tertiary/aromatic N) is 2. The highest BCUT2D eigenvalue weighted by Crippen LogP contribution is 2.19. The van der Waals surface area contributed by atoms with Gasteiger partial charge in [0.15, 0.2) is 0 Å². The zero-order valence-electron chi connectivity index (χ0n) is 8.34. The van der Waals surface area contributed by atoms with Gasteiger partial charge in [0, 0.05) is 12.4 Å². The van der Waals surface area contributed by atoms with Gasteiger partial charge in [-0.05, 0) is 12.1 Å². The molecule has 0 amide bonds. The molecule has 15 heavy (non-hydrogen) atoms. The molecule has 2 rings (SSSR count). The molecule has 1 heterocycles. The van der Waals surface area contributed by atoms with Gasteiger partial charge >= 0.3 is 0 Å². The Morgan fingerprint density at radius 1 is 1.33 bits per heavy atom. The van der Waals surface area contributed by atoms with Crippen LogP contribution in [0.25, 0.3) is 0 Å². The van der Waals surface area contributed by atoms with Crippen LogP contribution in [0.15, 0.2) is 43.0 Å². The smallest absolute Gasteiger partial charge is 0.142 e. The molecule has 0 aliphatic rings. The summed E-state index contributed by atoms with van der Waals surface area (Å²) in [6.07, 6.45) is 5.41. The fraction of sp³-hybridized carbons (Fsp3) is 0.182. The van der Waals surface area contributed by atoms with E-state index in [0.717, 1.165) is 12.3 Å².